The Morgan fingerprint density at radius 3 is 2.88 bits per heavy atom. The van der Waals surface area contributed by atoms with E-state index in [-0.39, 0.29) is 58.1 Å². The molecule has 1 aliphatic rings. The summed E-state index contributed by atoms with van der Waals surface area (Å²) in [6.07, 6.45) is 0.0935. The molecule has 142 valence electrons. The van der Waals surface area contributed by atoms with Crippen molar-refractivity contribution in [3.63, 3.8) is 0 Å². The van der Waals surface area contributed by atoms with Crippen LogP contribution in [-0.2, 0) is 14.8 Å². The maximum absolute atomic E-state index is 12.2. The minimum absolute atomic E-state index is 0. The van der Waals surface area contributed by atoms with Gasteiger partial charge in [-0.3, -0.25) is 4.99 Å². The van der Waals surface area contributed by atoms with Crippen LogP contribution in [0, 0.1) is 0 Å². The van der Waals surface area contributed by atoms with Crippen molar-refractivity contribution in [2.24, 2.45) is 10.7 Å². The number of nitrogens with zero attached hydrogens (tertiary/aromatic N) is 2. The zero-order valence-corrected chi connectivity index (χ0v) is 18.3. The number of benzene rings is 1. The lowest BCUT2D eigenvalue weighted by molar-refractivity contribution is 0.00530. The van der Waals surface area contributed by atoms with E-state index in [4.69, 9.17) is 33.7 Å². The van der Waals surface area contributed by atoms with Gasteiger partial charge in [0, 0.05) is 19.6 Å². The van der Waals surface area contributed by atoms with Crippen LogP contribution in [-0.4, -0.2) is 58.2 Å². The molecule has 7 nitrogen and oxygen atoms in total. The highest BCUT2D eigenvalue weighted by Crippen LogP contribution is 2.28. The Morgan fingerprint density at radius 2 is 2.20 bits per heavy atom. The summed E-state index contributed by atoms with van der Waals surface area (Å²) in [5.74, 6) is 0.380. The molecular weight excluding hydrogens is 502 g/mol. The van der Waals surface area contributed by atoms with E-state index in [1.807, 2.05) is 11.8 Å². The fraction of sp³-hybridized carbons (Fsp3) is 0.500. The molecule has 0 bridgehead atoms. The van der Waals surface area contributed by atoms with Gasteiger partial charge < -0.3 is 15.4 Å². The fourth-order valence-electron chi connectivity index (χ4n) is 2.25. The Kier molecular flexibility index (Phi) is 9.19. The van der Waals surface area contributed by atoms with Crippen LogP contribution in [0.15, 0.2) is 28.1 Å². The number of halogens is 3. The molecule has 0 radical (unpaired) electrons. The maximum Gasteiger partial charge on any atom is 0.242 e. The molecule has 1 aromatic rings. The predicted octanol–water partition coefficient (Wildman–Crippen LogP) is 1.93. The molecule has 0 aliphatic carbocycles. The number of guanidine groups is 1. The summed E-state index contributed by atoms with van der Waals surface area (Å²) in [6.45, 7) is 4.21. The molecule has 0 spiro atoms. The highest BCUT2D eigenvalue weighted by atomic mass is 127. The summed E-state index contributed by atoms with van der Waals surface area (Å²) in [5, 5.41) is 0.181. The highest BCUT2D eigenvalue weighted by molar-refractivity contribution is 14.0. The van der Waals surface area contributed by atoms with Gasteiger partial charge in [0.15, 0.2) is 5.96 Å². The minimum Gasteiger partial charge on any atom is -0.375 e. The van der Waals surface area contributed by atoms with Crippen LogP contribution >= 0.6 is 47.2 Å². The quantitative estimate of drug-likeness (QED) is 0.266. The number of nitrogens with one attached hydrogen (secondary N) is 1. The zero-order chi connectivity index (χ0) is 17.7. The average molecular weight is 523 g/mol. The van der Waals surface area contributed by atoms with Crippen LogP contribution < -0.4 is 10.5 Å². The first kappa shape index (κ1) is 22.7. The van der Waals surface area contributed by atoms with Crippen molar-refractivity contribution in [2.75, 3.05) is 32.8 Å². The van der Waals surface area contributed by atoms with Crippen molar-refractivity contribution in [1.82, 2.24) is 9.62 Å². The number of nitrogens with two attached hydrogens (primary N) is 1. The standard InChI is InChI=1S/C14H20Cl2N4O3S.HI/c1-10-9-20(7-8-23-10)14(17)18-5-6-19-24(21,22)12-4-2-3-11(15)13(12)16;/h2-4,10,19H,5-9H2,1H3,(H2,17,18);1H. The molecule has 11 heteroatoms. The van der Waals surface area contributed by atoms with Gasteiger partial charge in [0.05, 0.1) is 29.3 Å². The zero-order valence-electron chi connectivity index (χ0n) is 13.6. The number of ether oxygens (including phenoxy) is 1. The van der Waals surface area contributed by atoms with E-state index in [1.54, 1.807) is 0 Å². The molecule has 0 amide bonds. The molecule has 1 heterocycles. The first-order valence-corrected chi connectivity index (χ1v) is 9.65. The summed E-state index contributed by atoms with van der Waals surface area (Å²) in [7, 11) is -3.76. The molecule has 2 rings (SSSR count). The minimum atomic E-state index is -3.76. The summed E-state index contributed by atoms with van der Waals surface area (Å²) < 4.78 is 32.3. The number of hydrogen-bond donors (Lipinski definition) is 2. The number of rotatable bonds is 5. The maximum atomic E-state index is 12.2. The molecule has 0 aromatic heterocycles. The molecular formula is C14H21Cl2IN4O3S. The summed E-state index contributed by atoms with van der Waals surface area (Å²) >= 11 is 11.8. The Morgan fingerprint density at radius 1 is 1.48 bits per heavy atom. The van der Waals surface area contributed by atoms with E-state index in [0.717, 1.165) is 0 Å². The summed E-state index contributed by atoms with van der Waals surface area (Å²) in [4.78, 5) is 6.05. The van der Waals surface area contributed by atoms with Crippen molar-refractivity contribution in [3.8, 4) is 0 Å². The Labute approximate surface area is 175 Å². The van der Waals surface area contributed by atoms with Gasteiger partial charge in [-0.1, -0.05) is 29.3 Å². The van der Waals surface area contributed by atoms with Crippen LogP contribution in [0.5, 0.6) is 0 Å². The molecule has 25 heavy (non-hydrogen) atoms. The largest absolute Gasteiger partial charge is 0.375 e. The Balaban J connectivity index is 0.00000312. The third kappa shape index (κ3) is 6.40. The summed E-state index contributed by atoms with van der Waals surface area (Å²) in [5.41, 5.74) is 5.92. The monoisotopic (exact) mass is 522 g/mol. The SMILES string of the molecule is CC1CN(C(N)=NCCNS(=O)(=O)c2cccc(Cl)c2Cl)CCO1.I. The van der Waals surface area contributed by atoms with Crippen LogP contribution in [0.1, 0.15) is 6.92 Å². The molecule has 1 atom stereocenters. The van der Waals surface area contributed by atoms with Gasteiger partial charge in [0.25, 0.3) is 0 Å². The Hall–Kier alpha value is -0.330. The van der Waals surface area contributed by atoms with E-state index in [0.29, 0.717) is 25.7 Å². The lowest BCUT2D eigenvalue weighted by Crippen LogP contribution is -2.48. The number of hydrogen-bond acceptors (Lipinski definition) is 4. The lowest BCUT2D eigenvalue weighted by atomic mass is 10.3. The van der Waals surface area contributed by atoms with Gasteiger partial charge in [-0.25, -0.2) is 13.1 Å². The second-order valence-electron chi connectivity index (χ2n) is 5.32. The number of morpholine rings is 1. The van der Waals surface area contributed by atoms with Gasteiger partial charge in [0.1, 0.15) is 4.90 Å². The van der Waals surface area contributed by atoms with Crippen molar-refractivity contribution < 1.29 is 13.2 Å². The van der Waals surface area contributed by atoms with Gasteiger partial charge >= 0.3 is 0 Å². The molecule has 1 aliphatic heterocycles. The van der Waals surface area contributed by atoms with Crippen LogP contribution in [0.4, 0.5) is 0 Å². The van der Waals surface area contributed by atoms with Gasteiger partial charge in [-0.2, -0.15) is 0 Å². The van der Waals surface area contributed by atoms with Crippen molar-refractivity contribution in [1.29, 1.82) is 0 Å². The second-order valence-corrected chi connectivity index (χ2v) is 7.84. The Bertz CT molecular complexity index is 718. The predicted molar refractivity (Wildman–Crippen MR) is 111 cm³/mol. The smallest absolute Gasteiger partial charge is 0.242 e. The molecule has 1 unspecified atom stereocenters. The van der Waals surface area contributed by atoms with E-state index in [1.165, 1.54) is 18.2 Å². The van der Waals surface area contributed by atoms with Crippen LogP contribution in [0.3, 0.4) is 0 Å². The molecule has 1 saturated heterocycles. The van der Waals surface area contributed by atoms with E-state index in [9.17, 15) is 8.42 Å². The third-order valence-electron chi connectivity index (χ3n) is 3.45. The molecule has 1 aromatic carbocycles. The lowest BCUT2D eigenvalue weighted by Gasteiger charge is -2.31. The van der Waals surface area contributed by atoms with Crippen molar-refractivity contribution >= 4 is 63.2 Å². The molecule has 1 fully saturated rings. The second kappa shape index (κ2) is 10.1. The average Bonchev–Trinajstić information content (AvgIpc) is 2.53. The van der Waals surface area contributed by atoms with E-state index >= 15 is 0 Å². The highest BCUT2D eigenvalue weighted by Gasteiger charge is 2.20. The van der Waals surface area contributed by atoms with Crippen LogP contribution in [0.25, 0.3) is 0 Å². The van der Waals surface area contributed by atoms with E-state index < -0.39 is 10.0 Å². The summed E-state index contributed by atoms with van der Waals surface area (Å²) in [6, 6.07) is 4.44. The number of aliphatic imine (C=N–C) groups is 1. The first-order valence-electron chi connectivity index (χ1n) is 7.41. The molecule has 3 N–H and O–H groups in total. The third-order valence-corrected chi connectivity index (χ3v) is 5.88. The topological polar surface area (TPSA) is 97.0 Å². The van der Waals surface area contributed by atoms with Gasteiger partial charge in [-0.15, -0.1) is 24.0 Å². The van der Waals surface area contributed by atoms with Crippen molar-refractivity contribution in [3.05, 3.63) is 28.2 Å². The number of sulfonamides is 1. The molecule has 0 saturated carbocycles. The fourth-order valence-corrected chi connectivity index (χ4v) is 4.03. The normalized spacial score (nSPS) is 18.8. The van der Waals surface area contributed by atoms with Crippen LogP contribution in [0.2, 0.25) is 10.0 Å². The first-order chi connectivity index (χ1) is 11.3. The van der Waals surface area contributed by atoms with Crippen molar-refractivity contribution in [2.45, 2.75) is 17.9 Å². The van der Waals surface area contributed by atoms with E-state index in [2.05, 4.69) is 9.71 Å². The van der Waals surface area contributed by atoms with Gasteiger partial charge in [0.2, 0.25) is 10.0 Å². The van der Waals surface area contributed by atoms with Gasteiger partial charge in [-0.05, 0) is 19.1 Å².